The van der Waals surface area contributed by atoms with Crippen LogP contribution in [0.4, 0.5) is 0 Å². The summed E-state index contributed by atoms with van der Waals surface area (Å²) in [5.74, 6) is 1.58. The fourth-order valence-corrected chi connectivity index (χ4v) is 8.52. The molecule has 0 saturated heterocycles. The van der Waals surface area contributed by atoms with Gasteiger partial charge in [0.2, 0.25) is 5.91 Å². The zero-order valence-electron chi connectivity index (χ0n) is 19.8. The van der Waals surface area contributed by atoms with Gasteiger partial charge in [-0.1, -0.05) is 20.8 Å². The number of ketones is 2. The molecule has 8 atom stereocenters. The molecule has 4 saturated carbocycles. The van der Waals surface area contributed by atoms with Crippen LogP contribution in [-0.2, 0) is 19.2 Å². The molecular formula is C26H39NO5. The van der Waals surface area contributed by atoms with Gasteiger partial charge in [0, 0.05) is 31.6 Å². The van der Waals surface area contributed by atoms with E-state index in [4.69, 9.17) is 5.11 Å². The first-order chi connectivity index (χ1) is 15.1. The quantitative estimate of drug-likeness (QED) is 0.643. The minimum absolute atomic E-state index is 0.125. The van der Waals surface area contributed by atoms with Crippen LogP contribution in [0.5, 0.6) is 0 Å². The number of hydrogen-bond donors (Lipinski definition) is 2. The smallest absolute Gasteiger partial charge is 0.322 e. The molecule has 0 aromatic rings. The summed E-state index contributed by atoms with van der Waals surface area (Å²) in [4.78, 5) is 48.2. The summed E-state index contributed by atoms with van der Waals surface area (Å²) >= 11 is 0. The standard InChI is InChI=1S/C26H39NO5/c1-15(4-7-22(30)27-14-23(31)32)18-5-6-19-24-20(9-11-26(18,19)3)25(2)10-8-17(28)12-16(25)13-21(24)29/h15-16,18-20,24H,4-14H2,1-3H3,(H,27,30)(H,31,32)/t15-,16?,18-,19?,20?,24?,25+,26-/m1/s1. The lowest BCUT2D eigenvalue weighted by Gasteiger charge is -2.59. The molecule has 4 unspecified atom stereocenters. The van der Waals surface area contributed by atoms with E-state index in [1.807, 2.05) is 0 Å². The fraction of sp³-hybridized carbons (Fsp3) is 0.846. The van der Waals surface area contributed by atoms with E-state index in [2.05, 4.69) is 26.1 Å². The lowest BCUT2D eigenvalue weighted by Crippen LogP contribution is -2.57. The Kier molecular flexibility index (Phi) is 6.28. The Balaban J connectivity index is 1.45. The predicted molar refractivity (Wildman–Crippen MR) is 120 cm³/mol. The van der Waals surface area contributed by atoms with Gasteiger partial charge < -0.3 is 10.4 Å². The first-order valence-corrected chi connectivity index (χ1v) is 12.6. The number of carboxylic acids is 1. The van der Waals surface area contributed by atoms with Crippen molar-refractivity contribution in [1.29, 1.82) is 0 Å². The van der Waals surface area contributed by atoms with Crippen molar-refractivity contribution in [2.24, 2.45) is 46.3 Å². The Hall–Kier alpha value is -1.72. The first-order valence-electron chi connectivity index (χ1n) is 12.6. The van der Waals surface area contributed by atoms with Crippen LogP contribution >= 0.6 is 0 Å². The minimum Gasteiger partial charge on any atom is -0.480 e. The third-order valence-corrected chi connectivity index (χ3v) is 10.3. The van der Waals surface area contributed by atoms with E-state index in [1.165, 1.54) is 0 Å². The number of rotatable bonds is 6. The van der Waals surface area contributed by atoms with Crippen molar-refractivity contribution in [2.45, 2.75) is 85.0 Å². The van der Waals surface area contributed by atoms with E-state index < -0.39 is 5.97 Å². The second-order valence-electron chi connectivity index (χ2n) is 11.8. The molecule has 4 aliphatic carbocycles. The number of nitrogens with one attached hydrogen (secondary N) is 1. The summed E-state index contributed by atoms with van der Waals surface area (Å²) in [5.41, 5.74) is 0.251. The van der Waals surface area contributed by atoms with Gasteiger partial charge in [-0.25, -0.2) is 0 Å². The molecular weight excluding hydrogens is 406 g/mol. The molecule has 0 radical (unpaired) electrons. The van der Waals surface area contributed by atoms with Crippen LogP contribution in [0, 0.1) is 46.3 Å². The summed E-state index contributed by atoms with van der Waals surface area (Å²) in [6, 6.07) is 0. The molecule has 4 fully saturated rings. The van der Waals surface area contributed by atoms with E-state index in [0.29, 0.717) is 60.9 Å². The van der Waals surface area contributed by atoms with Crippen LogP contribution in [0.25, 0.3) is 0 Å². The maximum absolute atomic E-state index is 13.4. The lowest BCUT2D eigenvalue weighted by atomic mass is 9.44. The van der Waals surface area contributed by atoms with Crippen LogP contribution in [0.15, 0.2) is 0 Å². The molecule has 0 spiro atoms. The molecule has 1 amide bonds. The molecule has 0 aliphatic heterocycles. The largest absolute Gasteiger partial charge is 0.480 e. The Labute approximate surface area is 191 Å². The van der Waals surface area contributed by atoms with Crippen LogP contribution in [0.2, 0.25) is 0 Å². The molecule has 6 nitrogen and oxygen atoms in total. The van der Waals surface area contributed by atoms with Crippen molar-refractivity contribution >= 4 is 23.4 Å². The molecule has 0 aromatic heterocycles. The number of carbonyl (C=O) groups excluding carboxylic acids is 3. The molecule has 32 heavy (non-hydrogen) atoms. The molecule has 2 N–H and O–H groups in total. The van der Waals surface area contributed by atoms with E-state index in [0.717, 1.165) is 38.5 Å². The van der Waals surface area contributed by atoms with Crippen LogP contribution in [0.1, 0.15) is 85.0 Å². The lowest BCUT2D eigenvalue weighted by molar-refractivity contribution is -0.159. The number of Topliss-reactive ketones (excluding diaryl/α,β-unsaturated/α-hetero) is 2. The summed E-state index contributed by atoms with van der Waals surface area (Å²) in [6.07, 6.45) is 8.30. The predicted octanol–water partition coefficient (Wildman–Crippen LogP) is 4.01. The van der Waals surface area contributed by atoms with E-state index in [9.17, 15) is 19.2 Å². The second-order valence-corrected chi connectivity index (χ2v) is 11.8. The van der Waals surface area contributed by atoms with Crippen LogP contribution < -0.4 is 5.32 Å². The molecule has 178 valence electrons. The third kappa shape index (κ3) is 3.92. The van der Waals surface area contributed by atoms with Gasteiger partial charge in [-0.15, -0.1) is 0 Å². The van der Waals surface area contributed by atoms with Gasteiger partial charge in [0.1, 0.15) is 18.1 Å². The highest BCUT2D eigenvalue weighted by molar-refractivity contribution is 5.86. The first kappa shape index (κ1) is 23.4. The van der Waals surface area contributed by atoms with Gasteiger partial charge in [-0.3, -0.25) is 19.2 Å². The van der Waals surface area contributed by atoms with E-state index in [-0.39, 0.29) is 35.1 Å². The Morgan fingerprint density at radius 2 is 1.78 bits per heavy atom. The maximum atomic E-state index is 13.4. The second kappa shape index (κ2) is 8.57. The maximum Gasteiger partial charge on any atom is 0.322 e. The average molecular weight is 446 g/mol. The van der Waals surface area contributed by atoms with Gasteiger partial charge in [-0.05, 0) is 78.9 Å². The molecule has 4 rings (SSSR count). The molecule has 0 heterocycles. The highest BCUT2D eigenvalue weighted by atomic mass is 16.4. The van der Waals surface area contributed by atoms with Gasteiger partial charge in [0.05, 0.1) is 0 Å². The highest BCUT2D eigenvalue weighted by Gasteiger charge is 2.63. The Bertz CT molecular complexity index is 808. The fourth-order valence-electron chi connectivity index (χ4n) is 8.52. The topological polar surface area (TPSA) is 101 Å². The zero-order valence-corrected chi connectivity index (χ0v) is 19.8. The minimum atomic E-state index is -1.02. The van der Waals surface area contributed by atoms with Crippen molar-refractivity contribution in [3.05, 3.63) is 0 Å². The van der Waals surface area contributed by atoms with Gasteiger partial charge in [0.25, 0.3) is 0 Å². The van der Waals surface area contributed by atoms with Crippen LogP contribution in [-0.4, -0.2) is 35.1 Å². The number of amides is 1. The summed E-state index contributed by atoms with van der Waals surface area (Å²) < 4.78 is 0. The number of hydrogen-bond acceptors (Lipinski definition) is 4. The zero-order chi connectivity index (χ0) is 23.3. The van der Waals surface area contributed by atoms with Crippen molar-refractivity contribution in [2.75, 3.05) is 6.54 Å². The summed E-state index contributed by atoms with van der Waals surface area (Å²) in [7, 11) is 0. The van der Waals surface area contributed by atoms with Gasteiger partial charge >= 0.3 is 5.97 Å². The molecule has 6 heteroatoms. The monoisotopic (exact) mass is 445 g/mol. The Morgan fingerprint density at radius 1 is 1.06 bits per heavy atom. The van der Waals surface area contributed by atoms with Gasteiger partial charge in [-0.2, -0.15) is 0 Å². The SMILES string of the molecule is C[C@H](CCC(=O)NCC(=O)O)[C@H]1CCC2C3C(=O)CC4CC(=O)CC[C@]4(C)C3CC[C@@]21C. The van der Waals surface area contributed by atoms with Crippen molar-refractivity contribution in [3.8, 4) is 0 Å². The van der Waals surface area contributed by atoms with Crippen molar-refractivity contribution < 1.29 is 24.3 Å². The highest BCUT2D eigenvalue weighted by Crippen LogP contribution is 2.67. The summed E-state index contributed by atoms with van der Waals surface area (Å²) in [6.45, 7) is 6.65. The van der Waals surface area contributed by atoms with Gasteiger partial charge in [0.15, 0.2) is 0 Å². The van der Waals surface area contributed by atoms with Crippen molar-refractivity contribution in [1.82, 2.24) is 5.32 Å². The molecule has 0 aromatic carbocycles. The van der Waals surface area contributed by atoms with Crippen molar-refractivity contribution in [3.63, 3.8) is 0 Å². The average Bonchev–Trinajstić information content (AvgIpc) is 3.09. The van der Waals surface area contributed by atoms with E-state index in [1.54, 1.807) is 0 Å². The van der Waals surface area contributed by atoms with Crippen LogP contribution in [0.3, 0.4) is 0 Å². The third-order valence-electron chi connectivity index (χ3n) is 10.3. The number of aliphatic carboxylic acids is 1. The number of fused-ring (bicyclic) bond motifs is 5. The molecule has 4 aliphatic rings. The number of carbonyl (C=O) groups is 4. The number of carboxylic acid groups (broad SMARTS) is 1. The Morgan fingerprint density at radius 3 is 2.50 bits per heavy atom. The van der Waals surface area contributed by atoms with E-state index >= 15 is 0 Å². The molecule has 0 bridgehead atoms. The summed E-state index contributed by atoms with van der Waals surface area (Å²) in [5, 5.41) is 11.2. The normalized spacial score (nSPS) is 41.9.